The molecule has 0 aromatic carbocycles. The summed E-state index contributed by atoms with van der Waals surface area (Å²) in [5.74, 6) is 0.853. The SMILES string of the molecule is CCOCCCN(C)C(=O)CCC(C)C. The molecule has 0 unspecified atom stereocenters. The van der Waals surface area contributed by atoms with Gasteiger partial charge in [0.25, 0.3) is 0 Å². The van der Waals surface area contributed by atoms with Crippen LogP contribution in [-0.2, 0) is 9.53 Å². The van der Waals surface area contributed by atoms with Crippen molar-refractivity contribution in [1.82, 2.24) is 4.90 Å². The predicted molar refractivity (Wildman–Crippen MR) is 62.8 cm³/mol. The van der Waals surface area contributed by atoms with E-state index in [9.17, 15) is 4.79 Å². The molecule has 0 aliphatic heterocycles. The van der Waals surface area contributed by atoms with Crippen LogP contribution in [0.2, 0.25) is 0 Å². The maximum atomic E-state index is 11.6. The Labute approximate surface area is 93.8 Å². The molecule has 0 rings (SSSR count). The molecule has 3 nitrogen and oxygen atoms in total. The number of hydrogen-bond acceptors (Lipinski definition) is 2. The lowest BCUT2D eigenvalue weighted by Gasteiger charge is -2.17. The fourth-order valence-corrected chi connectivity index (χ4v) is 1.28. The normalized spacial score (nSPS) is 10.7. The van der Waals surface area contributed by atoms with Gasteiger partial charge in [-0.15, -0.1) is 0 Å². The van der Waals surface area contributed by atoms with Crippen molar-refractivity contribution in [3.05, 3.63) is 0 Å². The van der Waals surface area contributed by atoms with E-state index < -0.39 is 0 Å². The number of hydrogen-bond donors (Lipinski definition) is 0. The number of rotatable bonds is 8. The summed E-state index contributed by atoms with van der Waals surface area (Å²) in [6.07, 6.45) is 2.58. The van der Waals surface area contributed by atoms with Crippen LogP contribution >= 0.6 is 0 Å². The Balaban J connectivity index is 3.51. The zero-order chi connectivity index (χ0) is 11.7. The monoisotopic (exact) mass is 215 g/mol. The Hall–Kier alpha value is -0.570. The van der Waals surface area contributed by atoms with Crippen molar-refractivity contribution in [2.75, 3.05) is 26.8 Å². The largest absolute Gasteiger partial charge is 0.382 e. The van der Waals surface area contributed by atoms with Crippen LogP contribution in [0.25, 0.3) is 0 Å². The van der Waals surface area contributed by atoms with Gasteiger partial charge in [-0.3, -0.25) is 4.79 Å². The third kappa shape index (κ3) is 8.43. The fraction of sp³-hybridized carbons (Fsp3) is 0.917. The molecule has 0 aliphatic carbocycles. The summed E-state index contributed by atoms with van der Waals surface area (Å²) in [7, 11) is 1.87. The standard InChI is InChI=1S/C12H25NO2/c1-5-15-10-6-9-13(4)12(14)8-7-11(2)3/h11H,5-10H2,1-4H3. The molecule has 0 saturated heterocycles. The van der Waals surface area contributed by atoms with Crippen LogP contribution in [0.4, 0.5) is 0 Å². The second-order valence-corrected chi connectivity index (χ2v) is 4.30. The van der Waals surface area contributed by atoms with Crippen molar-refractivity contribution >= 4 is 5.91 Å². The molecular weight excluding hydrogens is 190 g/mol. The van der Waals surface area contributed by atoms with Crippen LogP contribution in [0, 0.1) is 5.92 Å². The third-order valence-corrected chi connectivity index (χ3v) is 2.35. The van der Waals surface area contributed by atoms with Crippen molar-refractivity contribution in [2.45, 2.75) is 40.0 Å². The van der Waals surface area contributed by atoms with E-state index >= 15 is 0 Å². The molecule has 15 heavy (non-hydrogen) atoms. The van der Waals surface area contributed by atoms with E-state index in [-0.39, 0.29) is 5.91 Å². The van der Waals surface area contributed by atoms with E-state index in [1.165, 1.54) is 0 Å². The summed E-state index contributed by atoms with van der Waals surface area (Å²) < 4.78 is 5.22. The summed E-state index contributed by atoms with van der Waals surface area (Å²) in [6.45, 7) is 8.57. The molecule has 0 bridgehead atoms. The highest BCUT2D eigenvalue weighted by Gasteiger charge is 2.08. The molecule has 0 fully saturated rings. The third-order valence-electron chi connectivity index (χ3n) is 2.35. The van der Waals surface area contributed by atoms with Gasteiger partial charge < -0.3 is 9.64 Å². The second-order valence-electron chi connectivity index (χ2n) is 4.30. The van der Waals surface area contributed by atoms with Crippen molar-refractivity contribution in [2.24, 2.45) is 5.92 Å². The van der Waals surface area contributed by atoms with Gasteiger partial charge in [-0.05, 0) is 25.7 Å². The highest BCUT2D eigenvalue weighted by molar-refractivity contribution is 5.75. The van der Waals surface area contributed by atoms with E-state index in [4.69, 9.17) is 4.74 Å². The maximum absolute atomic E-state index is 11.6. The lowest BCUT2D eigenvalue weighted by Crippen LogP contribution is -2.28. The highest BCUT2D eigenvalue weighted by atomic mass is 16.5. The molecule has 0 N–H and O–H groups in total. The number of carbonyl (C=O) groups is 1. The van der Waals surface area contributed by atoms with Gasteiger partial charge in [0.1, 0.15) is 0 Å². The summed E-state index contributed by atoms with van der Waals surface area (Å²) in [6, 6.07) is 0. The van der Waals surface area contributed by atoms with Crippen LogP contribution in [0.5, 0.6) is 0 Å². The van der Waals surface area contributed by atoms with Crippen molar-refractivity contribution in [3.8, 4) is 0 Å². The van der Waals surface area contributed by atoms with Gasteiger partial charge in [-0.2, -0.15) is 0 Å². The van der Waals surface area contributed by atoms with Crippen molar-refractivity contribution < 1.29 is 9.53 Å². The summed E-state index contributed by atoms with van der Waals surface area (Å²) in [5.41, 5.74) is 0. The number of amides is 1. The Kier molecular flexibility index (Phi) is 8.38. The van der Waals surface area contributed by atoms with Gasteiger partial charge >= 0.3 is 0 Å². The smallest absolute Gasteiger partial charge is 0.222 e. The Morgan fingerprint density at radius 2 is 2.07 bits per heavy atom. The average Bonchev–Trinajstić information content (AvgIpc) is 2.20. The molecule has 0 aromatic heterocycles. The predicted octanol–water partition coefficient (Wildman–Crippen LogP) is 2.31. The molecule has 1 amide bonds. The zero-order valence-corrected chi connectivity index (χ0v) is 10.6. The van der Waals surface area contributed by atoms with Gasteiger partial charge in [0.15, 0.2) is 0 Å². The van der Waals surface area contributed by atoms with E-state index in [0.717, 1.165) is 32.6 Å². The lowest BCUT2D eigenvalue weighted by atomic mass is 10.1. The number of nitrogens with zero attached hydrogens (tertiary/aromatic N) is 1. The molecule has 0 aliphatic rings. The average molecular weight is 215 g/mol. The van der Waals surface area contributed by atoms with Gasteiger partial charge in [0.05, 0.1) is 0 Å². The van der Waals surface area contributed by atoms with Crippen molar-refractivity contribution in [1.29, 1.82) is 0 Å². The minimum atomic E-state index is 0.250. The summed E-state index contributed by atoms with van der Waals surface area (Å²) in [4.78, 5) is 13.4. The molecule has 90 valence electrons. The van der Waals surface area contributed by atoms with Gasteiger partial charge in [0.2, 0.25) is 5.91 Å². The van der Waals surface area contributed by atoms with Crippen LogP contribution in [0.1, 0.15) is 40.0 Å². The van der Waals surface area contributed by atoms with Gasteiger partial charge in [-0.1, -0.05) is 13.8 Å². The minimum Gasteiger partial charge on any atom is -0.382 e. The Bertz CT molecular complexity index is 169. The first kappa shape index (κ1) is 14.4. The van der Waals surface area contributed by atoms with Gasteiger partial charge in [-0.25, -0.2) is 0 Å². The quantitative estimate of drug-likeness (QED) is 0.581. The molecule has 3 heteroatoms. The van der Waals surface area contributed by atoms with Crippen LogP contribution in [0.3, 0.4) is 0 Å². The number of ether oxygens (including phenoxy) is 1. The molecular formula is C12H25NO2. The first-order chi connectivity index (χ1) is 7.07. The molecule has 0 heterocycles. The minimum absolute atomic E-state index is 0.250. The molecule has 0 saturated carbocycles. The van der Waals surface area contributed by atoms with Crippen LogP contribution < -0.4 is 0 Å². The molecule has 0 spiro atoms. The maximum Gasteiger partial charge on any atom is 0.222 e. The van der Waals surface area contributed by atoms with Gasteiger partial charge in [0, 0.05) is 33.2 Å². The summed E-state index contributed by atoms with van der Waals surface area (Å²) in [5, 5.41) is 0. The van der Waals surface area contributed by atoms with Crippen molar-refractivity contribution in [3.63, 3.8) is 0 Å². The molecule has 0 atom stereocenters. The second kappa shape index (κ2) is 8.72. The van der Waals surface area contributed by atoms with Crippen LogP contribution in [0.15, 0.2) is 0 Å². The first-order valence-electron chi connectivity index (χ1n) is 5.89. The molecule has 0 radical (unpaired) electrons. The summed E-state index contributed by atoms with van der Waals surface area (Å²) >= 11 is 0. The molecule has 0 aromatic rings. The zero-order valence-electron chi connectivity index (χ0n) is 10.6. The first-order valence-corrected chi connectivity index (χ1v) is 5.89. The van der Waals surface area contributed by atoms with E-state index in [2.05, 4.69) is 13.8 Å². The highest BCUT2D eigenvalue weighted by Crippen LogP contribution is 2.05. The van der Waals surface area contributed by atoms with E-state index in [0.29, 0.717) is 12.3 Å². The lowest BCUT2D eigenvalue weighted by molar-refractivity contribution is -0.130. The van der Waals surface area contributed by atoms with E-state index in [1.54, 1.807) is 4.90 Å². The van der Waals surface area contributed by atoms with E-state index in [1.807, 2.05) is 14.0 Å². The topological polar surface area (TPSA) is 29.5 Å². The fourth-order valence-electron chi connectivity index (χ4n) is 1.28. The van der Waals surface area contributed by atoms with Crippen LogP contribution in [-0.4, -0.2) is 37.6 Å². The Morgan fingerprint density at radius 1 is 1.40 bits per heavy atom. The number of carbonyl (C=O) groups excluding carboxylic acids is 1. The Morgan fingerprint density at radius 3 is 2.60 bits per heavy atom.